The number of azo groups is 1. The second kappa shape index (κ2) is 4.28. The number of hydrogen-bond donors (Lipinski definition) is 2. The van der Waals surface area contributed by atoms with Crippen LogP contribution >= 0.6 is 0 Å². The van der Waals surface area contributed by atoms with Gasteiger partial charge in [0.25, 0.3) is 0 Å². The van der Waals surface area contributed by atoms with E-state index in [0.29, 0.717) is 11.4 Å². The second-order valence-corrected chi connectivity index (χ2v) is 3.38. The van der Waals surface area contributed by atoms with Gasteiger partial charge >= 0.3 is 0 Å². The van der Waals surface area contributed by atoms with Crippen LogP contribution in [0, 0.1) is 18.6 Å². The zero-order chi connectivity index (χ0) is 12.4. The normalized spacial score (nSPS) is 11.2. The lowest BCUT2D eigenvalue weighted by Gasteiger charge is -1.94. The molecule has 0 unspecified atom stereocenters. The summed E-state index contributed by atoms with van der Waals surface area (Å²) in [5.74, 6) is -1.70. The Morgan fingerprint density at radius 1 is 1.24 bits per heavy atom. The van der Waals surface area contributed by atoms with E-state index in [9.17, 15) is 8.78 Å². The monoisotopic (exact) mass is 237 g/mol. The lowest BCUT2D eigenvalue weighted by molar-refractivity contribution is 0.509. The van der Waals surface area contributed by atoms with E-state index in [1.54, 1.807) is 6.92 Å². The van der Waals surface area contributed by atoms with Gasteiger partial charge in [-0.25, -0.2) is 8.78 Å². The summed E-state index contributed by atoms with van der Waals surface area (Å²) in [5.41, 5.74) is 6.76. The molecule has 7 heteroatoms. The Balaban J connectivity index is 2.29. The molecule has 3 N–H and O–H groups in total. The summed E-state index contributed by atoms with van der Waals surface area (Å²) in [6.45, 7) is 1.73. The molecule has 17 heavy (non-hydrogen) atoms. The molecule has 2 aromatic rings. The summed E-state index contributed by atoms with van der Waals surface area (Å²) in [4.78, 5) is 0. The fraction of sp³-hybridized carbons (Fsp3) is 0.100. The molecule has 0 saturated carbocycles. The van der Waals surface area contributed by atoms with Crippen molar-refractivity contribution in [2.75, 3.05) is 5.73 Å². The standard InChI is InChI=1S/C10H9F2N5/c1-5-9(10(13)17-14-5)16-15-6-2-3-7(11)8(12)4-6/h2-4H,1H3,(H3,13,14,17). The zero-order valence-corrected chi connectivity index (χ0v) is 8.91. The molecule has 5 nitrogen and oxygen atoms in total. The summed E-state index contributed by atoms with van der Waals surface area (Å²) < 4.78 is 25.5. The Morgan fingerprint density at radius 3 is 2.59 bits per heavy atom. The highest BCUT2D eigenvalue weighted by Gasteiger charge is 2.06. The summed E-state index contributed by atoms with van der Waals surface area (Å²) in [5, 5.41) is 13.9. The Labute approximate surface area is 95.4 Å². The van der Waals surface area contributed by atoms with Crippen LogP contribution in [0.4, 0.5) is 26.0 Å². The molecule has 0 amide bonds. The van der Waals surface area contributed by atoms with Crippen molar-refractivity contribution in [1.82, 2.24) is 10.2 Å². The van der Waals surface area contributed by atoms with Gasteiger partial charge in [0, 0.05) is 6.07 Å². The van der Waals surface area contributed by atoms with Gasteiger partial charge in [0.2, 0.25) is 0 Å². The summed E-state index contributed by atoms with van der Waals surface area (Å²) in [7, 11) is 0. The molecule has 1 aromatic heterocycles. The summed E-state index contributed by atoms with van der Waals surface area (Å²) in [6, 6.07) is 3.24. The van der Waals surface area contributed by atoms with Crippen molar-refractivity contribution in [3.63, 3.8) is 0 Å². The third-order valence-corrected chi connectivity index (χ3v) is 2.11. The van der Waals surface area contributed by atoms with Crippen LogP contribution < -0.4 is 5.73 Å². The van der Waals surface area contributed by atoms with Crippen molar-refractivity contribution in [2.45, 2.75) is 6.92 Å². The van der Waals surface area contributed by atoms with Gasteiger partial charge in [0.15, 0.2) is 17.5 Å². The van der Waals surface area contributed by atoms with Gasteiger partial charge < -0.3 is 5.73 Å². The van der Waals surface area contributed by atoms with Gasteiger partial charge in [-0.3, -0.25) is 5.10 Å². The van der Waals surface area contributed by atoms with E-state index in [-0.39, 0.29) is 11.5 Å². The largest absolute Gasteiger partial charge is 0.380 e. The number of benzene rings is 1. The quantitative estimate of drug-likeness (QED) is 0.787. The highest BCUT2D eigenvalue weighted by Crippen LogP contribution is 2.26. The van der Waals surface area contributed by atoms with E-state index in [0.717, 1.165) is 12.1 Å². The highest BCUT2D eigenvalue weighted by atomic mass is 19.2. The summed E-state index contributed by atoms with van der Waals surface area (Å²) >= 11 is 0. The molecule has 0 aliphatic heterocycles. The van der Waals surface area contributed by atoms with Crippen molar-refractivity contribution in [3.05, 3.63) is 35.5 Å². The predicted molar refractivity (Wildman–Crippen MR) is 58.3 cm³/mol. The van der Waals surface area contributed by atoms with Crippen LogP contribution in [0.25, 0.3) is 0 Å². The molecule has 0 spiro atoms. The van der Waals surface area contributed by atoms with Crippen LogP contribution in [0.5, 0.6) is 0 Å². The lowest BCUT2D eigenvalue weighted by Crippen LogP contribution is -1.83. The van der Waals surface area contributed by atoms with E-state index in [1.807, 2.05) is 0 Å². The first-order valence-corrected chi connectivity index (χ1v) is 4.75. The van der Waals surface area contributed by atoms with E-state index in [4.69, 9.17) is 5.73 Å². The minimum atomic E-state index is -0.974. The minimum Gasteiger partial charge on any atom is -0.380 e. The lowest BCUT2D eigenvalue weighted by atomic mass is 10.3. The van der Waals surface area contributed by atoms with Crippen molar-refractivity contribution in [2.24, 2.45) is 10.2 Å². The molecular formula is C10H9F2N5. The first kappa shape index (κ1) is 11.2. The van der Waals surface area contributed by atoms with Gasteiger partial charge in [-0.15, -0.1) is 5.11 Å². The molecule has 2 rings (SSSR count). The Hall–Kier alpha value is -2.31. The molecule has 0 fully saturated rings. The van der Waals surface area contributed by atoms with E-state index in [2.05, 4.69) is 20.4 Å². The smallest absolute Gasteiger partial charge is 0.173 e. The maximum absolute atomic E-state index is 12.9. The van der Waals surface area contributed by atoms with Crippen molar-refractivity contribution < 1.29 is 8.78 Å². The van der Waals surface area contributed by atoms with Gasteiger partial charge in [-0.05, 0) is 19.1 Å². The second-order valence-electron chi connectivity index (χ2n) is 3.38. The van der Waals surface area contributed by atoms with Crippen LogP contribution in [-0.2, 0) is 0 Å². The number of aromatic amines is 1. The van der Waals surface area contributed by atoms with Gasteiger partial charge in [0.1, 0.15) is 5.69 Å². The Kier molecular flexibility index (Phi) is 2.82. The average Bonchev–Trinajstić information content (AvgIpc) is 2.61. The van der Waals surface area contributed by atoms with Crippen LogP contribution in [0.2, 0.25) is 0 Å². The maximum Gasteiger partial charge on any atom is 0.173 e. The number of anilines is 1. The van der Waals surface area contributed by atoms with Gasteiger partial charge in [0.05, 0.1) is 11.4 Å². The van der Waals surface area contributed by atoms with Crippen LogP contribution in [0.15, 0.2) is 28.4 Å². The first-order valence-electron chi connectivity index (χ1n) is 4.75. The van der Waals surface area contributed by atoms with Crippen LogP contribution in [0.1, 0.15) is 5.69 Å². The van der Waals surface area contributed by atoms with Gasteiger partial charge in [-0.1, -0.05) is 0 Å². The molecule has 0 saturated heterocycles. The number of hydrogen-bond acceptors (Lipinski definition) is 4. The highest BCUT2D eigenvalue weighted by molar-refractivity contribution is 5.59. The molecular weight excluding hydrogens is 228 g/mol. The SMILES string of the molecule is Cc1[nH]nc(N)c1N=Nc1ccc(F)c(F)c1. The van der Waals surface area contributed by atoms with E-state index >= 15 is 0 Å². The predicted octanol–water partition coefficient (Wildman–Crippen LogP) is 2.99. The number of nitrogens with two attached hydrogens (primary N) is 1. The maximum atomic E-state index is 12.9. The van der Waals surface area contributed by atoms with E-state index in [1.165, 1.54) is 6.07 Å². The van der Waals surface area contributed by atoms with E-state index < -0.39 is 11.6 Å². The number of halogens is 2. The number of nitrogen functional groups attached to an aromatic ring is 1. The van der Waals surface area contributed by atoms with Gasteiger partial charge in [-0.2, -0.15) is 10.2 Å². The molecule has 1 heterocycles. The number of nitrogens with zero attached hydrogens (tertiary/aromatic N) is 3. The zero-order valence-electron chi connectivity index (χ0n) is 8.91. The fourth-order valence-electron chi connectivity index (χ4n) is 1.22. The number of H-pyrrole nitrogens is 1. The molecule has 0 radical (unpaired) electrons. The number of nitrogens with one attached hydrogen (secondary N) is 1. The Bertz CT molecular complexity index is 557. The average molecular weight is 237 g/mol. The molecule has 1 aromatic carbocycles. The number of aryl methyl sites for hydroxylation is 1. The van der Waals surface area contributed by atoms with Crippen LogP contribution in [0.3, 0.4) is 0 Å². The number of rotatable bonds is 2. The molecule has 0 atom stereocenters. The first-order chi connectivity index (χ1) is 8.08. The number of aromatic nitrogens is 2. The molecule has 0 aliphatic rings. The van der Waals surface area contributed by atoms with Crippen molar-refractivity contribution in [3.8, 4) is 0 Å². The minimum absolute atomic E-state index is 0.198. The van der Waals surface area contributed by atoms with Crippen molar-refractivity contribution >= 4 is 17.2 Å². The molecule has 0 aliphatic carbocycles. The summed E-state index contributed by atoms with van der Waals surface area (Å²) in [6.07, 6.45) is 0. The van der Waals surface area contributed by atoms with Crippen LogP contribution in [-0.4, -0.2) is 10.2 Å². The van der Waals surface area contributed by atoms with Crippen molar-refractivity contribution in [1.29, 1.82) is 0 Å². The third-order valence-electron chi connectivity index (χ3n) is 2.11. The molecule has 88 valence electrons. The third kappa shape index (κ3) is 2.27. The Morgan fingerprint density at radius 2 is 2.00 bits per heavy atom. The fourth-order valence-corrected chi connectivity index (χ4v) is 1.22. The molecule has 0 bridgehead atoms. The topological polar surface area (TPSA) is 79.4 Å².